The van der Waals surface area contributed by atoms with Crippen LogP contribution >= 0.6 is 31.9 Å². The molecule has 1 fully saturated rings. The molecule has 1 atom stereocenters. The highest BCUT2D eigenvalue weighted by molar-refractivity contribution is 9.11. The number of hydrogen-bond donors (Lipinski definition) is 2. The maximum absolute atomic E-state index is 12.2. The number of hydrogen-bond acceptors (Lipinski definition) is 5. The van der Waals surface area contributed by atoms with Crippen LogP contribution in [0.3, 0.4) is 0 Å². The molecule has 0 bridgehead atoms. The molecule has 1 aromatic heterocycles. The monoisotopic (exact) mass is 513 g/mol. The second-order valence-electron chi connectivity index (χ2n) is 6.16. The first-order valence-corrected chi connectivity index (χ1v) is 9.97. The maximum atomic E-state index is 12.2. The molecule has 28 heavy (non-hydrogen) atoms. The summed E-state index contributed by atoms with van der Waals surface area (Å²) >= 11 is 6.67. The molecule has 2 aromatic rings. The van der Waals surface area contributed by atoms with Gasteiger partial charge in [-0.25, -0.2) is 0 Å². The number of furan rings is 1. The number of amides is 3. The third-order valence-electron chi connectivity index (χ3n) is 4.09. The summed E-state index contributed by atoms with van der Waals surface area (Å²) in [7, 11) is 0. The highest BCUT2D eigenvalue weighted by Gasteiger charge is 2.34. The number of likely N-dealkylation sites (tertiary alicyclic amines) is 1. The zero-order valence-corrected chi connectivity index (χ0v) is 17.8. The van der Waals surface area contributed by atoms with Crippen molar-refractivity contribution in [3.63, 3.8) is 0 Å². The van der Waals surface area contributed by atoms with Gasteiger partial charge in [-0.2, -0.15) is 0 Å². The number of nitrogens with one attached hydrogen (secondary N) is 2. The van der Waals surface area contributed by atoms with Gasteiger partial charge in [0.2, 0.25) is 11.8 Å². The van der Waals surface area contributed by atoms with E-state index < -0.39 is 17.7 Å². The van der Waals surface area contributed by atoms with Gasteiger partial charge in [-0.05, 0) is 46.3 Å². The van der Waals surface area contributed by atoms with E-state index in [4.69, 9.17) is 9.15 Å². The summed E-state index contributed by atoms with van der Waals surface area (Å²) in [5.74, 6) is -0.456. The highest BCUT2D eigenvalue weighted by atomic mass is 79.9. The molecule has 8 nitrogen and oxygen atoms in total. The summed E-state index contributed by atoms with van der Waals surface area (Å²) in [5, 5.41) is 0. The lowest BCUT2D eigenvalue weighted by molar-refractivity contribution is -0.132. The summed E-state index contributed by atoms with van der Waals surface area (Å²) < 4.78 is 12.2. The number of carbonyl (C=O) groups is 3. The topological polar surface area (TPSA) is 101 Å². The number of halogens is 2. The van der Waals surface area contributed by atoms with Crippen LogP contribution in [0.2, 0.25) is 0 Å². The SMILES string of the molecule is O=C(COc1ccc(Br)cc1Br)NNC(=O)C1CC(=O)N(Cc2ccco2)C1. The van der Waals surface area contributed by atoms with E-state index in [0.717, 1.165) is 4.47 Å². The van der Waals surface area contributed by atoms with Crippen molar-refractivity contribution in [2.45, 2.75) is 13.0 Å². The molecule has 3 amide bonds. The first-order chi connectivity index (χ1) is 13.4. The minimum atomic E-state index is -0.538. The third kappa shape index (κ3) is 5.35. The van der Waals surface area contributed by atoms with Crippen molar-refractivity contribution in [1.82, 2.24) is 15.8 Å². The molecule has 1 saturated heterocycles. The molecule has 3 rings (SSSR count). The van der Waals surface area contributed by atoms with Gasteiger partial charge in [0, 0.05) is 17.4 Å². The molecule has 1 aliphatic heterocycles. The maximum Gasteiger partial charge on any atom is 0.276 e. The molecule has 1 aliphatic rings. The Balaban J connectivity index is 1.42. The minimum absolute atomic E-state index is 0.0880. The van der Waals surface area contributed by atoms with Gasteiger partial charge in [-0.3, -0.25) is 25.2 Å². The summed E-state index contributed by atoms with van der Waals surface area (Å²) in [6, 6.07) is 8.79. The molecule has 0 aliphatic carbocycles. The van der Waals surface area contributed by atoms with E-state index in [0.29, 0.717) is 22.5 Å². The number of ether oxygens (including phenoxy) is 1. The van der Waals surface area contributed by atoms with Gasteiger partial charge >= 0.3 is 0 Å². The zero-order chi connectivity index (χ0) is 20.1. The van der Waals surface area contributed by atoms with Crippen LogP contribution in [0.5, 0.6) is 5.75 Å². The van der Waals surface area contributed by atoms with Crippen LogP contribution in [-0.4, -0.2) is 35.8 Å². The fourth-order valence-electron chi connectivity index (χ4n) is 2.70. The first-order valence-electron chi connectivity index (χ1n) is 8.39. The number of rotatable bonds is 6. The normalized spacial score (nSPS) is 16.1. The highest BCUT2D eigenvalue weighted by Crippen LogP contribution is 2.28. The van der Waals surface area contributed by atoms with Crippen molar-refractivity contribution in [2.24, 2.45) is 5.92 Å². The second kappa shape index (κ2) is 9.24. The Morgan fingerprint density at radius 3 is 2.79 bits per heavy atom. The summed E-state index contributed by atoms with van der Waals surface area (Å²) in [6.07, 6.45) is 1.62. The number of hydrazine groups is 1. The quantitative estimate of drug-likeness (QED) is 0.576. The lowest BCUT2D eigenvalue weighted by Gasteiger charge is -2.15. The smallest absolute Gasteiger partial charge is 0.276 e. The van der Waals surface area contributed by atoms with E-state index in [1.54, 1.807) is 35.2 Å². The Morgan fingerprint density at radius 2 is 2.07 bits per heavy atom. The van der Waals surface area contributed by atoms with Gasteiger partial charge in [0.15, 0.2) is 6.61 Å². The molecule has 148 valence electrons. The van der Waals surface area contributed by atoms with E-state index in [1.807, 2.05) is 0 Å². The molecule has 0 spiro atoms. The molecule has 2 N–H and O–H groups in total. The number of nitrogens with zero attached hydrogens (tertiary/aromatic N) is 1. The van der Waals surface area contributed by atoms with E-state index >= 15 is 0 Å². The predicted molar refractivity (Wildman–Crippen MR) is 106 cm³/mol. The molecular weight excluding hydrogens is 498 g/mol. The molecule has 1 unspecified atom stereocenters. The first kappa shape index (κ1) is 20.4. The van der Waals surface area contributed by atoms with Gasteiger partial charge in [-0.1, -0.05) is 15.9 Å². The number of carbonyl (C=O) groups excluding carboxylic acids is 3. The van der Waals surface area contributed by atoms with Crippen molar-refractivity contribution >= 4 is 49.6 Å². The Hall–Kier alpha value is -2.33. The largest absolute Gasteiger partial charge is 0.483 e. The molecule has 1 aromatic carbocycles. The summed E-state index contributed by atoms with van der Waals surface area (Å²) in [4.78, 5) is 37.7. The Kier molecular flexibility index (Phi) is 6.74. The van der Waals surface area contributed by atoms with Crippen LogP contribution in [0, 0.1) is 5.92 Å². The van der Waals surface area contributed by atoms with Crippen LogP contribution in [0.15, 0.2) is 50.0 Å². The second-order valence-corrected chi connectivity index (χ2v) is 7.93. The number of benzene rings is 1. The van der Waals surface area contributed by atoms with Crippen LogP contribution in [0.1, 0.15) is 12.2 Å². The van der Waals surface area contributed by atoms with Crippen LogP contribution in [0.25, 0.3) is 0 Å². The van der Waals surface area contributed by atoms with Crippen molar-refractivity contribution < 1.29 is 23.5 Å². The fourth-order valence-corrected chi connectivity index (χ4v) is 3.86. The van der Waals surface area contributed by atoms with Crippen molar-refractivity contribution in [3.8, 4) is 5.75 Å². The third-order valence-corrected chi connectivity index (χ3v) is 5.20. The van der Waals surface area contributed by atoms with E-state index in [1.165, 1.54) is 6.26 Å². The van der Waals surface area contributed by atoms with Crippen LogP contribution in [0.4, 0.5) is 0 Å². The Bertz CT molecular complexity index is 872. The standard InChI is InChI=1S/C18H17Br2N3O5/c19-12-3-4-15(14(20)7-12)28-10-16(24)21-22-18(26)11-6-17(25)23(8-11)9-13-2-1-5-27-13/h1-5,7,11H,6,8-10H2,(H,21,24)(H,22,26). The average Bonchev–Trinajstić information content (AvgIpc) is 3.29. The van der Waals surface area contributed by atoms with Crippen molar-refractivity contribution in [2.75, 3.05) is 13.2 Å². The molecule has 10 heteroatoms. The van der Waals surface area contributed by atoms with E-state index in [-0.39, 0.29) is 25.5 Å². The average molecular weight is 515 g/mol. The lowest BCUT2D eigenvalue weighted by Crippen LogP contribution is -2.46. The van der Waals surface area contributed by atoms with Crippen molar-refractivity contribution in [3.05, 3.63) is 51.3 Å². The van der Waals surface area contributed by atoms with Crippen molar-refractivity contribution in [1.29, 1.82) is 0 Å². The lowest BCUT2D eigenvalue weighted by atomic mass is 10.1. The summed E-state index contributed by atoms with van der Waals surface area (Å²) in [5.41, 5.74) is 4.64. The predicted octanol–water partition coefficient (Wildman–Crippen LogP) is 2.38. The van der Waals surface area contributed by atoms with E-state index in [9.17, 15) is 14.4 Å². The van der Waals surface area contributed by atoms with E-state index in [2.05, 4.69) is 42.7 Å². The molecule has 0 saturated carbocycles. The van der Waals surface area contributed by atoms with Gasteiger partial charge in [0.25, 0.3) is 5.91 Å². The zero-order valence-electron chi connectivity index (χ0n) is 14.6. The molecule has 2 heterocycles. The Labute approximate surface area is 177 Å². The van der Waals surface area contributed by atoms with Gasteiger partial charge in [-0.15, -0.1) is 0 Å². The van der Waals surface area contributed by atoms with Crippen LogP contribution < -0.4 is 15.6 Å². The summed E-state index contributed by atoms with van der Waals surface area (Å²) in [6.45, 7) is 0.316. The minimum Gasteiger partial charge on any atom is -0.483 e. The fraction of sp³-hybridized carbons (Fsp3) is 0.278. The van der Waals surface area contributed by atoms with Gasteiger partial charge in [0.1, 0.15) is 11.5 Å². The Morgan fingerprint density at radius 1 is 1.25 bits per heavy atom. The van der Waals surface area contributed by atoms with Gasteiger partial charge < -0.3 is 14.1 Å². The van der Waals surface area contributed by atoms with Gasteiger partial charge in [0.05, 0.1) is 23.2 Å². The molecule has 0 radical (unpaired) electrons. The molecular formula is C18H17Br2N3O5. The van der Waals surface area contributed by atoms with Crippen LogP contribution in [-0.2, 0) is 20.9 Å².